The van der Waals surface area contributed by atoms with E-state index in [0.717, 1.165) is 75.6 Å². The van der Waals surface area contributed by atoms with Crippen molar-refractivity contribution < 1.29 is 8.42 Å². The van der Waals surface area contributed by atoms with Gasteiger partial charge in [-0.25, -0.2) is 8.42 Å². The lowest BCUT2D eigenvalue weighted by molar-refractivity contribution is 0.218. The van der Waals surface area contributed by atoms with Crippen LogP contribution in [0.1, 0.15) is 32.1 Å². The van der Waals surface area contributed by atoms with Crippen LogP contribution in [0.4, 0.5) is 5.69 Å². The van der Waals surface area contributed by atoms with E-state index in [1.807, 2.05) is 24.3 Å². The quantitative estimate of drug-likeness (QED) is 0.323. The zero-order chi connectivity index (χ0) is 25.2. The highest BCUT2D eigenvalue weighted by molar-refractivity contribution is 7.89. The molecule has 2 fully saturated rings. The molecule has 0 bridgehead atoms. The third-order valence-electron chi connectivity index (χ3n) is 8.01. The molecule has 6 nitrogen and oxygen atoms in total. The van der Waals surface area contributed by atoms with Gasteiger partial charge in [0.25, 0.3) is 0 Å². The number of sulfonamides is 1. The molecule has 2 aliphatic rings. The number of hydrogen-bond donors (Lipinski definition) is 0. The predicted octanol–water partition coefficient (Wildman–Crippen LogP) is 5.60. The highest BCUT2D eigenvalue weighted by Gasteiger charge is 2.34. The topological polar surface area (TPSA) is 56.8 Å². The molecule has 0 spiro atoms. The van der Waals surface area contributed by atoms with Crippen LogP contribution < -0.4 is 4.90 Å². The molecular formula is C29H34N4O2S2. The second-order valence-electron chi connectivity index (χ2n) is 10.2. The molecule has 0 amide bonds. The minimum atomic E-state index is -3.63. The Morgan fingerprint density at radius 3 is 2.62 bits per heavy atom. The van der Waals surface area contributed by atoms with Crippen molar-refractivity contribution in [3.05, 3.63) is 66.3 Å². The van der Waals surface area contributed by atoms with Crippen molar-refractivity contribution in [2.45, 2.75) is 43.0 Å². The Labute approximate surface area is 223 Å². The Morgan fingerprint density at radius 1 is 0.865 bits per heavy atom. The number of aromatic nitrogens is 1. The van der Waals surface area contributed by atoms with Crippen LogP contribution in [0.2, 0.25) is 0 Å². The fraction of sp³-hybridized carbons (Fsp3) is 0.414. The zero-order valence-corrected chi connectivity index (χ0v) is 22.8. The second kappa shape index (κ2) is 10.7. The average molecular weight is 535 g/mol. The Balaban J connectivity index is 1.14. The van der Waals surface area contributed by atoms with E-state index in [1.165, 1.54) is 22.0 Å². The largest absolute Gasteiger partial charge is 0.368 e. The van der Waals surface area contributed by atoms with E-state index in [9.17, 15) is 8.42 Å². The molecule has 0 saturated carbocycles. The first kappa shape index (κ1) is 24.8. The number of piperazine rings is 1. The summed E-state index contributed by atoms with van der Waals surface area (Å²) in [5, 5.41) is 5.15. The fourth-order valence-corrected chi connectivity index (χ4v) is 8.66. The Hall–Kier alpha value is -2.52. The number of fused-ring (bicyclic) bond motifs is 2. The van der Waals surface area contributed by atoms with Gasteiger partial charge in [-0.2, -0.15) is 4.31 Å². The van der Waals surface area contributed by atoms with E-state index in [4.69, 9.17) is 0 Å². The van der Waals surface area contributed by atoms with Gasteiger partial charge in [-0.1, -0.05) is 43.2 Å². The van der Waals surface area contributed by atoms with Gasteiger partial charge in [0.05, 0.1) is 0 Å². The Kier molecular flexibility index (Phi) is 7.16. The Morgan fingerprint density at radius 2 is 1.73 bits per heavy atom. The first-order valence-corrected chi connectivity index (χ1v) is 15.7. The summed E-state index contributed by atoms with van der Waals surface area (Å²) in [5.41, 5.74) is 1.34. The normalized spacial score (nSPS) is 20.4. The van der Waals surface area contributed by atoms with E-state index in [1.54, 1.807) is 21.8 Å². The van der Waals surface area contributed by atoms with Crippen LogP contribution in [0.3, 0.4) is 0 Å². The molecule has 194 valence electrons. The molecule has 4 aromatic rings. The van der Waals surface area contributed by atoms with Crippen LogP contribution in [-0.2, 0) is 10.0 Å². The van der Waals surface area contributed by atoms with Gasteiger partial charge in [0.1, 0.15) is 4.90 Å². The molecule has 6 rings (SSSR count). The predicted molar refractivity (Wildman–Crippen MR) is 153 cm³/mol. The van der Waals surface area contributed by atoms with Crippen LogP contribution in [0.15, 0.2) is 71.2 Å². The number of nitrogens with zero attached hydrogens (tertiary/aromatic N) is 4. The standard InChI is InChI=1S/C29H34N4O2S2/c34-37(35,29-22-30-21-23-7-3-4-9-25(23)29)33-14-5-1-2-8-24(33)12-15-31-16-18-32(19-17-31)27-10-6-11-28-26(27)13-20-36-28/h3-4,6-7,9-11,13,20-22,24H,1-2,5,8,12,14-19H2. The second-order valence-corrected chi connectivity index (χ2v) is 13.0. The zero-order valence-electron chi connectivity index (χ0n) is 21.1. The van der Waals surface area contributed by atoms with Crippen LogP contribution in [0.5, 0.6) is 0 Å². The van der Waals surface area contributed by atoms with Gasteiger partial charge >= 0.3 is 0 Å². The molecule has 0 radical (unpaired) electrons. The summed E-state index contributed by atoms with van der Waals surface area (Å²) in [6, 6.07) is 16.5. The number of anilines is 1. The van der Waals surface area contributed by atoms with E-state index in [-0.39, 0.29) is 6.04 Å². The fourth-order valence-electron chi connectivity index (χ4n) is 5.97. The van der Waals surface area contributed by atoms with Crippen LogP contribution in [0.25, 0.3) is 20.9 Å². The van der Waals surface area contributed by atoms with Crippen molar-refractivity contribution in [1.29, 1.82) is 0 Å². The van der Waals surface area contributed by atoms with E-state index >= 15 is 0 Å². The van der Waals surface area contributed by atoms with E-state index < -0.39 is 10.0 Å². The molecule has 2 aromatic carbocycles. The molecule has 4 heterocycles. The van der Waals surface area contributed by atoms with E-state index in [2.05, 4.69) is 44.4 Å². The molecule has 2 aliphatic heterocycles. The summed E-state index contributed by atoms with van der Waals surface area (Å²) in [5.74, 6) is 0. The molecule has 8 heteroatoms. The monoisotopic (exact) mass is 534 g/mol. The third kappa shape index (κ3) is 5.00. The number of benzene rings is 2. The average Bonchev–Trinajstić information content (AvgIpc) is 3.29. The van der Waals surface area contributed by atoms with Gasteiger partial charge in [-0.3, -0.25) is 9.88 Å². The van der Waals surface area contributed by atoms with Crippen molar-refractivity contribution in [2.24, 2.45) is 0 Å². The van der Waals surface area contributed by atoms with Gasteiger partial charge in [0.2, 0.25) is 10.0 Å². The molecule has 2 aromatic heterocycles. The van der Waals surface area contributed by atoms with Crippen molar-refractivity contribution >= 4 is 47.9 Å². The lowest BCUT2D eigenvalue weighted by Gasteiger charge is -2.38. The summed E-state index contributed by atoms with van der Waals surface area (Å²) in [6.45, 7) is 5.54. The van der Waals surface area contributed by atoms with Crippen LogP contribution >= 0.6 is 11.3 Å². The molecule has 0 N–H and O–H groups in total. The lowest BCUT2D eigenvalue weighted by Crippen LogP contribution is -2.48. The highest BCUT2D eigenvalue weighted by Crippen LogP contribution is 2.32. The lowest BCUT2D eigenvalue weighted by atomic mass is 10.1. The first-order chi connectivity index (χ1) is 18.1. The molecular weight excluding hydrogens is 500 g/mol. The molecule has 0 aliphatic carbocycles. The van der Waals surface area contributed by atoms with Crippen molar-refractivity contribution in [1.82, 2.24) is 14.2 Å². The van der Waals surface area contributed by atoms with Crippen LogP contribution in [0, 0.1) is 0 Å². The third-order valence-corrected chi connectivity index (χ3v) is 10.9. The smallest absolute Gasteiger partial charge is 0.245 e. The van der Waals surface area contributed by atoms with Gasteiger partial charge in [-0.05, 0) is 49.4 Å². The number of thiophene rings is 1. The Bertz CT molecular complexity index is 1470. The van der Waals surface area contributed by atoms with Crippen molar-refractivity contribution in [2.75, 3.05) is 44.2 Å². The van der Waals surface area contributed by atoms with Gasteiger partial charge in [0.15, 0.2) is 0 Å². The first-order valence-electron chi connectivity index (χ1n) is 13.4. The molecule has 1 unspecified atom stereocenters. The number of hydrogen-bond acceptors (Lipinski definition) is 6. The van der Waals surface area contributed by atoms with Crippen molar-refractivity contribution in [3.8, 4) is 0 Å². The minimum absolute atomic E-state index is 0.0315. The summed E-state index contributed by atoms with van der Waals surface area (Å²) in [7, 11) is -3.63. The SMILES string of the molecule is O=S(=O)(c1cncc2ccccc12)N1CCCCCC1CCN1CCN(c2cccc3sccc23)CC1. The van der Waals surface area contributed by atoms with E-state index in [0.29, 0.717) is 11.4 Å². The summed E-state index contributed by atoms with van der Waals surface area (Å²) >= 11 is 1.80. The molecule has 2 saturated heterocycles. The number of rotatable bonds is 6. The van der Waals surface area contributed by atoms with Crippen LogP contribution in [-0.4, -0.2) is 67.9 Å². The highest BCUT2D eigenvalue weighted by atomic mass is 32.2. The maximum absolute atomic E-state index is 14.0. The molecule has 37 heavy (non-hydrogen) atoms. The minimum Gasteiger partial charge on any atom is -0.368 e. The van der Waals surface area contributed by atoms with Gasteiger partial charge in [-0.15, -0.1) is 11.3 Å². The number of pyridine rings is 1. The van der Waals surface area contributed by atoms with Crippen molar-refractivity contribution in [3.63, 3.8) is 0 Å². The maximum Gasteiger partial charge on any atom is 0.245 e. The van der Waals surface area contributed by atoms with Gasteiger partial charge < -0.3 is 4.90 Å². The summed E-state index contributed by atoms with van der Waals surface area (Å²) < 4.78 is 31.1. The summed E-state index contributed by atoms with van der Waals surface area (Å²) in [4.78, 5) is 9.63. The summed E-state index contributed by atoms with van der Waals surface area (Å²) in [6.07, 6.45) is 8.17. The van der Waals surface area contributed by atoms with Gasteiger partial charge in [0, 0.05) is 77.7 Å². The maximum atomic E-state index is 14.0. The molecule has 1 atom stereocenters.